The maximum absolute atomic E-state index is 13.0. The largest absolute Gasteiger partial charge is 0.444 e. The number of carbonyl (C=O) groups is 4. The quantitative estimate of drug-likeness (QED) is 0.690. The molecule has 9 heteroatoms. The van der Waals surface area contributed by atoms with E-state index in [9.17, 15) is 24.3 Å². The second kappa shape index (κ2) is 7.64. The van der Waals surface area contributed by atoms with Crippen molar-refractivity contribution >= 4 is 23.8 Å². The Bertz CT molecular complexity index is 953. The summed E-state index contributed by atoms with van der Waals surface area (Å²) in [6.07, 6.45) is -0.541. The highest BCUT2D eigenvalue weighted by molar-refractivity contribution is 6.21. The number of nitrogens with zero attached hydrogens (tertiary/aromatic N) is 2. The SMILES string of the molecule is CC(C)(C)OC(=O)N1CCC(c2ccc3c(c2)C(=O)N(C2CCC(=O)NC2O)C3=O)C1. The van der Waals surface area contributed by atoms with Crippen molar-refractivity contribution in [3.63, 3.8) is 0 Å². The highest BCUT2D eigenvalue weighted by atomic mass is 16.6. The monoisotopic (exact) mass is 429 g/mol. The highest BCUT2D eigenvalue weighted by Crippen LogP contribution is 2.34. The Morgan fingerprint density at radius 1 is 1.13 bits per heavy atom. The molecule has 0 aliphatic carbocycles. The molecule has 166 valence electrons. The molecule has 1 aromatic carbocycles. The van der Waals surface area contributed by atoms with Gasteiger partial charge in [0.15, 0.2) is 0 Å². The molecular formula is C22H27N3O6. The summed E-state index contributed by atoms with van der Waals surface area (Å²) in [4.78, 5) is 52.4. The van der Waals surface area contributed by atoms with Crippen molar-refractivity contribution in [1.29, 1.82) is 0 Å². The van der Waals surface area contributed by atoms with Crippen molar-refractivity contribution in [1.82, 2.24) is 15.1 Å². The van der Waals surface area contributed by atoms with Crippen LogP contribution in [0.25, 0.3) is 0 Å². The standard InChI is InChI=1S/C22H27N3O6/c1-22(2,3)31-21(30)24-9-8-13(11-24)12-4-5-14-15(10-12)20(29)25(19(14)28)16-6-7-17(26)23-18(16)27/h4-5,10,13,16,18,27H,6-9,11H2,1-3H3,(H,23,26). The summed E-state index contributed by atoms with van der Waals surface area (Å²) in [6, 6.07) is 4.37. The van der Waals surface area contributed by atoms with E-state index in [-0.39, 0.29) is 30.8 Å². The van der Waals surface area contributed by atoms with Crippen LogP contribution in [0.1, 0.15) is 72.2 Å². The molecule has 1 aromatic rings. The smallest absolute Gasteiger partial charge is 0.410 e. The van der Waals surface area contributed by atoms with Gasteiger partial charge in [-0.3, -0.25) is 19.3 Å². The van der Waals surface area contributed by atoms with E-state index < -0.39 is 29.7 Å². The molecule has 3 heterocycles. The van der Waals surface area contributed by atoms with Crippen LogP contribution in [0.2, 0.25) is 0 Å². The number of likely N-dealkylation sites (tertiary alicyclic amines) is 1. The summed E-state index contributed by atoms with van der Waals surface area (Å²) in [5.74, 6) is -1.20. The van der Waals surface area contributed by atoms with E-state index in [2.05, 4.69) is 5.32 Å². The molecule has 4 amide bonds. The number of hydrogen-bond donors (Lipinski definition) is 2. The van der Waals surface area contributed by atoms with Crippen molar-refractivity contribution in [2.24, 2.45) is 0 Å². The van der Waals surface area contributed by atoms with Crippen molar-refractivity contribution < 1.29 is 29.0 Å². The van der Waals surface area contributed by atoms with Crippen LogP contribution >= 0.6 is 0 Å². The third-order valence-electron chi connectivity index (χ3n) is 5.93. The Morgan fingerprint density at radius 3 is 2.52 bits per heavy atom. The molecule has 2 fully saturated rings. The molecule has 3 atom stereocenters. The number of fused-ring (bicyclic) bond motifs is 1. The molecule has 2 saturated heterocycles. The zero-order valence-corrected chi connectivity index (χ0v) is 17.9. The average Bonchev–Trinajstić information content (AvgIpc) is 3.26. The molecule has 0 saturated carbocycles. The van der Waals surface area contributed by atoms with Gasteiger partial charge in [-0.2, -0.15) is 0 Å². The normalized spacial score (nSPS) is 26.2. The lowest BCUT2D eigenvalue weighted by Crippen LogP contribution is -2.57. The van der Waals surface area contributed by atoms with E-state index in [4.69, 9.17) is 4.74 Å². The Labute approximate surface area is 180 Å². The molecule has 0 radical (unpaired) electrons. The molecule has 3 aliphatic rings. The van der Waals surface area contributed by atoms with E-state index >= 15 is 0 Å². The fourth-order valence-electron chi connectivity index (χ4n) is 4.40. The van der Waals surface area contributed by atoms with Crippen LogP contribution in [0.15, 0.2) is 18.2 Å². The second-order valence-corrected chi connectivity index (χ2v) is 9.32. The molecule has 2 N–H and O–H groups in total. The minimum Gasteiger partial charge on any atom is -0.444 e. The number of benzene rings is 1. The van der Waals surface area contributed by atoms with Crippen LogP contribution < -0.4 is 5.32 Å². The predicted octanol–water partition coefficient (Wildman–Crippen LogP) is 1.60. The first kappa shape index (κ1) is 21.3. The second-order valence-electron chi connectivity index (χ2n) is 9.32. The minimum atomic E-state index is -1.28. The number of carbonyl (C=O) groups excluding carboxylic acids is 4. The van der Waals surface area contributed by atoms with Gasteiger partial charge in [0.2, 0.25) is 5.91 Å². The topological polar surface area (TPSA) is 116 Å². The summed E-state index contributed by atoms with van der Waals surface area (Å²) in [7, 11) is 0. The van der Waals surface area contributed by atoms with Crippen LogP contribution in [0, 0.1) is 0 Å². The van der Waals surface area contributed by atoms with Gasteiger partial charge in [0.05, 0.1) is 17.2 Å². The Morgan fingerprint density at radius 2 is 1.84 bits per heavy atom. The molecule has 9 nitrogen and oxygen atoms in total. The van der Waals surface area contributed by atoms with Gasteiger partial charge in [-0.1, -0.05) is 6.07 Å². The van der Waals surface area contributed by atoms with Crippen LogP contribution in [-0.4, -0.2) is 69.7 Å². The van der Waals surface area contributed by atoms with Gasteiger partial charge in [0.1, 0.15) is 11.8 Å². The number of aliphatic hydroxyl groups excluding tert-OH is 1. The first-order chi connectivity index (χ1) is 14.5. The van der Waals surface area contributed by atoms with E-state index in [0.717, 1.165) is 16.9 Å². The van der Waals surface area contributed by atoms with Gasteiger partial charge >= 0.3 is 6.09 Å². The summed E-state index contributed by atoms with van der Waals surface area (Å²) in [6.45, 7) is 6.50. The molecule has 0 bridgehead atoms. The van der Waals surface area contributed by atoms with Gasteiger partial charge in [-0.15, -0.1) is 0 Å². The first-order valence-corrected chi connectivity index (χ1v) is 10.5. The first-order valence-electron chi connectivity index (χ1n) is 10.5. The fourth-order valence-corrected chi connectivity index (χ4v) is 4.40. The number of aliphatic hydroxyl groups is 1. The van der Waals surface area contributed by atoms with Crippen LogP contribution in [0.5, 0.6) is 0 Å². The molecule has 0 aromatic heterocycles. The van der Waals surface area contributed by atoms with E-state index in [1.54, 1.807) is 17.0 Å². The molecule has 31 heavy (non-hydrogen) atoms. The summed E-state index contributed by atoms with van der Waals surface area (Å²) >= 11 is 0. The minimum absolute atomic E-state index is 0.0364. The number of amides is 4. The number of piperidine rings is 1. The number of nitrogens with one attached hydrogen (secondary N) is 1. The summed E-state index contributed by atoms with van der Waals surface area (Å²) in [5.41, 5.74) is 0.898. The van der Waals surface area contributed by atoms with Crippen LogP contribution in [0.4, 0.5) is 4.79 Å². The van der Waals surface area contributed by atoms with E-state index in [1.807, 2.05) is 26.8 Å². The number of hydrogen-bond acceptors (Lipinski definition) is 6. The lowest BCUT2D eigenvalue weighted by Gasteiger charge is -2.33. The van der Waals surface area contributed by atoms with Crippen LogP contribution in [-0.2, 0) is 9.53 Å². The number of ether oxygens (including phenoxy) is 1. The van der Waals surface area contributed by atoms with Crippen molar-refractivity contribution in [2.45, 2.75) is 63.8 Å². The molecular weight excluding hydrogens is 402 g/mol. The van der Waals surface area contributed by atoms with Crippen molar-refractivity contribution in [3.8, 4) is 0 Å². The summed E-state index contributed by atoms with van der Waals surface area (Å²) < 4.78 is 5.44. The Hall–Kier alpha value is -2.94. The molecule has 4 rings (SSSR count). The van der Waals surface area contributed by atoms with Crippen molar-refractivity contribution in [3.05, 3.63) is 34.9 Å². The van der Waals surface area contributed by atoms with Crippen molar-refractivity contribution in [2.75, 3.05) is 13.1 Å². The maximum atomic E-state index is 13.0. The third-order valence-corrected chi connectivity index (χ3v) is 5.93. The highest BCUT2D eigenvalue weighted by Gasteiger charge is 2.44. The van der Waals surface area contributed by atoms with Gasteiger partial charge in [-0.25, -0.2) is 4.79 Å². The fraction of sp³-hybridized carbons (Fsp3) is 0.545. The maximum Gasteiger partial charge on any atom is 0.410 e. The van der Waals surface area contributed by atoms with Crippen LogP contribution in [0.3, 0.4) is 0 Å². The molecule has 0 spiro atoms. The lowest BCUT2D eigenvalue weighted by molar-refractivity contribution is -0.129. The van der Waals surface area contributed by atoms with Gasteiger partial charge < -0.3 is 20.1 Å². The lowest BCUT2D eigenvalue weighted by atomic mass is 9.95. The molecule has 3 aliphatic heterocycles. The van der Waals surface area contributed by atoms with Gasteiger partial charge in [-0.05, 0) is 51.3 Å². The van der Waals surface area contributed by atoms with Gasteiger partial charge in [0, 0.05) is 25.4 Å². The zero-order valence-electron chi connectivity index (χ0n) is 17.9. The zero-order chi connectivity index (χ0) is 22.5. The number of imide groups is 1. The van der Waals surface area contributed by atoms with E-state index in [0.29, 0.717) is 24.2 Å². The predicted molar refractivity (Wildman–Crippen MR) is 109 cm³/mol. The third kappa shape index (κ3) is 4.01. The van der Waals surface area contributed by atoms with E-state index in [1.165, 1.54) is 0 Å². The average molecular weight is 429 g/mol. The Balaban J connectivity index is 1.50. The number of rotatable bonds is 2. The molecule has 3 unspecified atom stereocenters. The van der Waals surface area contributed by atoms with Gasteiger partial charge in [0.25, 0.3) is 11.8 Å². The summed E-state index contributed by atoms with van der Waals surface area (Å²) in [5, 5.41) is 12.6. The Kier molecular flexibility index (Phi) is 5.25.